The Morgan fingerprint density at radius 3 is 2.23 bits per heavy atom. The predicted octanol–water partition coefficient (Wildman–Crippen LogP) is 3.23. The number of hydrazine groups is 1. The number of nitrogens with one attached hydrogen (secondary N) is 2. The summed E-state index contributed by atoms with van der Waals surface area (Å²) in [5.41, 5.74) is 6.63. The van der Waals surface area contributed by atoms with Crippen molar-refractivity contribution in [3.8, 4) is 17.2 Å². The van der Waals surface area contributed by atoms with Crippen LogP contribution in [0.15, 0.2) is 48.7 Å². The predicted molar refractivity (Wildman–Crippen MR) is 112 cm³/mol. The highest BCUT2D eigenvalue weighted by Crippen LogP contribution is 2.27. The van der Waals surface area contributed by atoms with Gasteiger partial charge in [0.15, 0.2) is 11.5 Å². The standard InChI is InChI=1S/C22H23FN4O4/c1-13(2)20-17(12-24-27(20)16-8-6-15(23)7-9-16)22(29)26-25-21(28)14-5-10-18(30-3)19(11-14)31-4/h5-13H,1-4H3,(H,25,28)(H,26,29). The van der Waals surface area contributed by atoms with E-state index in [4.69, 9.17) is 9.47 Å². The molecule has 0 radical (unpaired) electrons. The second kappa shape index (κ2) is 9.29. The number of rotatable bonds is 6. The molecule has 0 aliphatic heterocycles. The number of benzene rings is 2. The Labute approximate surface area is 178 Å². The van der Waals surface area contributed by atoms with Crippen LogP contribution in [0.25, 0.3) is 5.69 Å². The van der Waals surface area contributed by atoms with Gasteiger partial charge in [0.2, 0.25) is 0 Å². The normalized spacial score (nSPS) is 10.6. The van der Waals surface area contributed by atoms with Crippen LogP contribution in [0.4, 0.5) is 4.39 Å². The number of aromatic nitrogens is 2. The maximum Gasteiger partial charge on any atom is 0.273 e. The molecule has 0 aliphatic carbocycles. The van der Waals surface area contributed by atoms with Crippen LogP contribution in [0.5, 0.6) is 11.5 Å². The highest BCUT2D eigenvalue weighted by Gasteiger charge is 2.21. The van der Waals surface area contributed by atoms with E-state index < -0.39 is 11.8 Å². The zero-order valence-corrected chi connectivity index (χ0v) is 17.6. The van der Waals surface area contributed by atoms with E-state index in [1.807, 2.05) is 13.8 Å². The van der Waals surface area contributed by atoms with E-state index in [1.54, 1.807) is 28.9 Å². The molecule has 0 unspecified atom stereocenters. The number of hydrogen-bond donors (Lipinski definition) is 2. The van der Waals surface area contributed by atoms with Crippen molar-refractivity contribution < 1.29 is 23.5 Å². The first kappa shape index (κ1) is 21.8. The topological polar surface area (TPSA) is 94.5 Å². The average Bonchev–Trinajstić information content (AvgIpc) is 3.22. The quantitative estimate of drug-likeness (QED) is 0.590. The Balaban J connectivity index is 1.78. The van der Waals surface area contributed by atoms with Gasteiger partial charge in [0.05, 0.1) is 37.4 Å². The first-order valence-corrected chi connectivity index (χ1v) is 9.52. The summed E-state index contributed by atoms with van der Waals surface area (Å²) in [6.07, 6.45) is 1.41. The highest BCUT2D eigenvalue weighted by molar-refractivity contribution is 6.00. The van der Waals surface area contributed by atoms with Crippen molar-refractivity contribution in [1.82, 2.24) is 20.6 Å². The third-order valence-corrected chi connectivity index (χ3v) is 4.60. The van der Waals surface area contributed by atoms with E-state index >= 15 is 0 Å². The van der Waals surface area contributed by atoms with Crippen LogP contribution in [-0.4, -0.2) is 35.8 Å². The SMILES string of the molecule is COc1ccc(C(=O)NNC(=O)c2cnn(-c3ccc(F)cc3)c2C(C)C)cc1OC. The van der Waals surface area contributed by atoms with Crippen molar-refractivity contribution in [1.29, 1.82) is 0 Å². The molecule has 0 atom stereocenters. The zero-order chi connectivity index (χ0) is 22.5. The van der Waals surface area contributed by atoms with Gasteiger partial charge in [0.1, 0.15) is 5.82 Å². The number of nitrogens with zero attached hydrogens (tertiary/aromatic N) is 2. The molecular weight excluding hydrogens is 403 g/mol. The van der Waals surface area contributed by atoms with Crippen LogP contribution in [0, 0.1) is 5.82 Å². The molecule has 0 spiro atoms. The lowest BCUT2D eigenvalue weighted by atomic mass is 10.1. The molecule has 0 bridgehead atoms. The smallest absolute Gasteiger partial charge is 0.273 e. The van der Waals surface area contributed by atoms with Crippen molar-refractivity contribution in [3.05, 3.63) is 71.3 Å². The van der Waals surface area contributed by atoms with Crippen LogP contribution in [0.1, 0.15) is 46.2 Å². The summed E-state index contributed by atoms with van der Waals surface area (Å²) in [7, 11) is 2.96. The van der Waals surface area contributed by atoms with Gasteiger partial charge in [-0.05, 0) is 48.4 Å². The molecule has 2 aromatic carbocycles. The number of hydrogen-bond acceptors (Lipinski definition) is 5. The molecule has 8 nitrogen and oxygen atoms in total. The van der Waals surface area contributed by atoms with Crippen LogP contribution in [0.3, 0.4) is 0 Å². The van der Waals surface area contributed by atoms with Crippen molar-refractivity contribution in [2.45, 2.75) is 19.8 Å². The molecule has 31 heavy (non-hydrogen) atoms. The average molecular weight is 426 g/mol. The monoisotopic (exact) mass is 426 g/mol. The van der Waals surface area contributed by atoms with Gasteiger partial charge in [-0.3, -0.25) is 20.4 Å². The highest BCUT2D eigenvalue weighted by atomic mass is 19.1. The van der Waals surface area contributed by atoms with Crippen LogP contribution in [0.2, 0.25) is 0 Å². The minimum atomic E-state index is -0.522. The summed E-state index contributed by atoms with van der Waals surface area (Å²) in [6, 6.07) is 10.5. The number of amides is 2. The van der Waals surface area contributed by atoms with E-state index in [9.17, 15) is 14.0 Å². The molecule has 0 saturated carbocycles. The summed E-state index contributed by atoms with van der Waals surface area (Å²) in [6.45, 7) is 3.83. The third kappa shape index (κ3) is 4.66. The van der Waals surface area contributed by atoms with Gasteiger partial charge in [0, 0.05) is 5.56 Å². The second-order valence-corrected chi connectivity index (χ2v) is 6.96. The van der Waals surface area contributed by atoms with E-state index in [2.05, 4.69) is 16.0 Å². The zero-order valence-electron chi connectivity index (χ0n) is 17.6. The Kier molecular flexibility index (Phi) is 6.54. The van der Waals surface area contributed by atoms with Gasteiger partial charge < -0.3 is 9.47 Å². The molecule has 3 aromatic rings. The van der Waals surface area contributed by atoms with Gasteiger partial charge in [0.25, 0.3) is 11.8 Å². The van der Waals surface area contributed by atoms with Crippen molar-refractivity contribution in [3.63, 3.8) is 0 Å². The minimum Gasteiger partial charge on any atom is -0.493 e. The Hall–Kier alpha value is -3.88. The van der Waals surface area contributed by atoms with Crippen LogP contribution >= 0.6 is 0 Å². The fourth-order valence-corrected chi connectivity index (χ4v) is 3.11. The largest absolute Gasteiger partial charge is 0.493 e. The number of ether oxygens (including phenoxy) is 2. The van der Waals surface area contributed by atoms with Gasteiger partial charge >= 0.3 is 0 Å². The fourth-order valence-electron chi connectivity index (χ4n) is 3.11. The number of carbonyl (C=O) groups excluding carboxylic acids is 2. The number of methoxy groups -OCH3 is 2. The summed E-state index contributed by atoms with van der Waals surface area (Å²) < 4.78 is 25.2. The Morgan fingerprint density at radius 1 is 0.968 bits per heavy atom. The molecule has 3 rings (SSSR count). The summed E-state index contributed by atoms with van der Waals surface area (Å²) in [5, 5.41) is 4.28. The van der Waals surface area contributed by atoms with Gasteiger partial charge in [-0.1, -0.05) is 13.8 Å². The van der Waals surface area contributed by atoms with Crippen molar-refractivity contribution >= 4 is 11.8 Å². The van der Waals surface area contributed by atoms with Gasteiger partial charge in [-0.15, -0.1) is 0 Å². The van der Waals surface area contributed by atoms with Gasteiger partial charge in [-0.25, -0.2) is 9.07 Å². The Bertz CT molecular complexity index is 1090. The summed E-state index contributed by atoms with van der Waals surface area (Å²) >= 11 is 0. The van der Waals surface area contributed by atoms with E-state index in [0.29, 0.717) is 28.4 Å². The molecule has 0 aliphatic rings. The van der Waals surface area contributed by atoms with Crippen molar-refractivity contribution in [2.24, 2.45) is 0 Å². The number of carbonyl (C=O) groups is 2. The molecule has 1 heterocycles. The first-order valence-electron chi connectivity index (χ1n) is 9.52. The lowest BCUT2D eigenvalue weighted by molar-refractivity contribution is 0.0845. The lowest BCUT2D eigenvalue weighted by Crippen LogP contribution is -2.41. The maximum atomic E-state index is 13.3. The molecule has 2 N–H and O–H groups in total. The summed E-state index contributed by atoms with van der Waals surface area (Å²) in [5.74, 6) is -0.591. The molecule has 9 heteroatoms. The van der Waals surface area contributed by atoms with Crippen LogP contribution in [-0.2, 0) is 0 Å². The fraction of sp³-hybridized carbons (Fsp3) is 0.227. The molecular formula is C22H23FN4O4. The van der Waals surface area contributed by atoms with E-state index in [-0.39, 0.29) is 17.3 Å². The van der Waals surface area contributed by atoms with Crippen molar-refractivity contribution in [2.75, 3.05) is 14.2 Å². The molecule has 0 fully saturated rings. The summed E-state index contributed by atoms with van der Waals surface area (Å²) in [4.78, 5) is 25.2. The molecule has 0 saturated heterocycles. The maximum absolute atomic E-state index is 13.3. The molecule has 162 valence electrons. The van der Waals surface area contributed by atoms with Crippen LogP contribution < -0.4 is 20.3 Å². The number of halogens is 1. The first-order chi connectivity index (χ1) is 14.8. The molecule has 2 amide bonds. The van der Waals surface area contributed by atoms with E-state index in [1.165, 1.54) is 38.6 Å². The van der Waals surface area contributed by atoms with Gasteiger partial charge in [-0.2, -0.15) is 5.10 Å². The third-order valence-electron chi connectivity index (χ3n) is 4.60. The minimum absolute atomic E-state index is 0.0603. The molecule has 1 aromatic heterocycles. The second-order valence-electron chi connectivity index (χ2n) is 6.96. The van der Waals surface area contributed by atoms with E-state index in [0.717, 1.165) is 0 Å². The Morgan fingerprint density at radius 2 is 1.61 bits per heavy atom. The lowest BCUT2D eigenvalue weighted by Gasteiger charge is -2.14.